The lowest BCUT2D eigenvalue weighted by atomic mass is 10.1. The van der Waals surface area contributed by atoms with Gasteiger partial charge < -0.3 is 10.3 Å². The molecule has 0 bridgehead atoms. The molecule has 1 aromatic heterocycles. The maximum Gasteiger partial charge on any atom is 0.0457 e. The van der Waals surface area contributed by atoms with Gasteiger partial charge >= 0.3 is 0 Å². The number of nitrogens with one attached hydrogen (secondary N) is 2. The van der Waals surface area contributed by atoms with E-state index >= 15 is 0 Å². The van der Waals surface area contributed by atoms with Crippen LogP contribution in [0.25, 0.3) is 10.9 Å². The lowest BCUT2D eigenvalue weighted by Gasteiger charge is -2.13. The Kier molecular flexibility index (Phi) is 2.89. The van der Waals surface area contributed by atoms with Gasteiger partial charge in [-0.2, -0.15) is 0 Å². The van der Waals surface area contributed by atoms with Gasteiger partial charge in [0, 0.05) is 24.3 Å². The Morgan fingerprint density at radius 3 is 3.06 bits per heavy atom. The highest BCUT2D eigenvalue weighted by Crippen LogP contribution is 2.33. The first-order valence-electron chi connectivity index (χ1n) is 6.60. The fraction of sp³-hybridized carbons (Fsp3) is 0.467. The van der Waals surface area contributed by atoms with Crippen molar-refractivity contribution in [2.24, 2.45) is 5.92 Å². The largest absolute Gasteiger partial charge is 0.361 e. The summed E-state index contributed by atoms with van der Waals surface area (Å²) in [7, 11) is 0. The zero-order chi connectivity index (χ0) is 11.7. The first-order valence-corrected chi connectivity index (χ1v) is 6.60. The van der Waals surface area contributed by atoms with Crippen molar-refractivity contribution < 1.29 is 0 Å². The first kappa shape index (κ1) is 10.8. The second kappa shape index (κ2) is 4.53. The third-order valence-electron chi connectivity index (χ3n) is 3.66. The van der Waals surface area contributed by atoms with Crippen LogP contribution in [0.5, 0.6) is 0 Å². The van der Waals surface area contributed by atoms with Gasteiger partial charge in [-0.3, -0.25) is 0 Å². The van der Waals surface area contributed by atoms with E-state index in [4.69, 9.17) is 0 Å². The van der Waals surface area contributed by atoms with E-state index < -0.39 is 0 Å². The molecule has 3 rings (SSSR count). The second-order valence-corrected chi connectivity index (χ2v) is 5.36. The van der Waals surface area contributed by atoms with E-state index in [1.165, 1.54) is 35.7 Å². The number of hydrogen-bond donors (Lipinski definition) is 2. The lowest BCUT2D eigenvalue weighted by Crippen LogP contribution is -2.25. The maximum atomic E-state index is 3.61. The molecule has 1 saturated carbocycles. The van der Waals surface area contributed by atoms with E-state index in [1.54, 1.807) is 0 Å². The molecular weight excluding hydrogens is 208 g/mol. The smallest absolute Gasteiger partial charge is 0.0457 e. The van der Waals surface area contributed by atoms with Gasteiger partial charge in [0.1, 0.15) is 0 Å². The molecule has 0 radical (unpaired) electrons. The van der Waals surface area contributed by atoms with Crippen molar-refractivity contribution in [1.29, 1.82) is 0 Å². The molecule has 0 aliphatic heterocycles. The summed E-state index contributed by atoms with van der Waals surface area (Å²) in [6, 6.07) is 9.40. The SMILES string of the molecule is CC(CC1CC1)NCc1ccc2cc[nH]c2c1. The van der Waals surface area contributed by atoms with Gasteiger partial charge in [-0.25, -0.2) is 0 Å². The van der Waals surface area contributed by atoms with E-state index in [0.29, 0.717) is 6.04 Å². The maximum absolute atomic E-state index is 3.61. The number of benzene rings is 1. The number of rotatable bonds is 5. The van der Waals surface area contributed by atoms with Gasteiger partial charge in [0.2, 0.25) is 0 Å². The molecule has 1 fully saturated rings. The van der Waals surface area contributed by atoms with E-state index in [2.05, 4.69) is 41.5 Å². The van der Waals surface area contributed by atoms with E-state index in [0.717, 1.165) is 12.5 Å². The van der Waals surface area contributed by atoms with E-state index in [9.17, 15) is 0 Å². The van der Waals surface area contributed by atoms with Crippen molar-refractivity contribution in [3.63, 3.8) is 0 Å². The van der Waals surface area contributed by atoms with Gasteiger partial charge in [0.15, 0.2) is 0 Å². The van der Waals surface area contributed by atoms with Crippen molar-refractivity contribution in [3.8, 4) is 0 Å². The van der Waals surface area contributed by atoms with E-state index in [1.807, 2.05) is 6.20 Å². The molecular formula is C15H20N2. The normalized spacial score (nSPS) is 17.5. The molecule has 0 saturated heterocycles. The topological polar surface area (TPSA) is 27.8 Å². The van der Waals surface area contributed by atoms with Crippen LogP contribution in [0.3, 0.4) is 0 Å². The molecule has 1 aliphatic carbocycles. The molecule has 2 heteroatoms. The van der Waals surface area contributed by atoms with Gasteiger partial charge in [0.25, 0.3) is 0 Å². The molecule has 0 spiro atoms. The summed E-state index contributed by atoms with van der Waals surface area (Å²) in [5, 5.41) is 4.90. The minimum absolute atomic E-state index is 0.641. The molecule has 90 valence electrons. The van der Waals surface area contributed by atoms with Crippen molar-refractivity contribution in [1.82, 2.24) is 10.3 Å². The quantitative estimate of drug-likeness (QED) is 0.806. The summed E-state index contributed by atoms with van der Waals surface area (Å²) in [5.41, 5.74) is 2.60. The molecule has 0 amide bonds. The van der Waals surface area contributed by atoms with Gasteiger partial charge in [-0.1, -0.05) is 25.0 Å². The standard InChI is InChI=1S/C15H20N2/c1-11(8-12-2-3-12)17-10-13-4-5-14-6-7-16-15(14)9-13/h4-7,9,11-12,16-17H,2-3,8,10H2,1H3. The van der Waals surface area contributed by atoms with Crippen LogP contribution >= 0.6 is 0 Å². The second-order valence-electron chi connectivity index (χ2n) is 5.36. The average molecular weight is 228 g/mol. The Morgan fingerprint density at radius 1 is 1.35 bits per heavy atom. The molecule has 1 aliphatic rings. The van der Waals surface area contributed by atoms with Crippen LogP contribution in [0.2, 0.25) is 0 Å². The summed E-state index contributed by atoms with van der Waals surface area (Å²) >= 11 is 0. The molecule has 1 unspecified atom stereocenters. The van der Waals surface area contributed by atoms with Gasteiger partial charge in [-0.05, 0) is 42.3 Å². The Hall–Kier alpha value is -1.28. The minimum atomic E-state index is 0.641. The summed E-state index contributed by atoms with van der Waals surface area (Å²) in [5.74, 6) is 1.00. The van der Waals surface area contributed by atoms with Crippen molar-refractivity contribution >= 4 is 10.9 Å². The average Bonchev–Trinajstić information content (AvgIpc) is 3.01. The highest BCUT2D eigenvalue weighted by atomic mass is 14.9. The third kappa shape index (κ3) is 2.70. The van der Waals surface area contributed by atoms with Crippen molar-refractivity contribution in [2.75, 3.05) is 0 Å². The predicted molar refractivity (Wildman–Crippen MR) is 71.9 cm³/mol. The van der Waals surface area contributed by atoms with Crippen LogP contribution < -0.4 is 5.32 Å². The summed E-state index contributed by atoms with van der Waals surface area (Å²) in [6.45, 7) is 3.27. The van der Waals surface area contributed by atoms with Crippen LogP contribution in [-0.2, 0) is 6.54 Å². The van der Waals surface area contributed by atoms with Crippen LogP contribution in [0.1, 0.15) is 31.7 Å². The van der Waals surface area contributed by atoms with E-state index in [-0.39, 0.29) is 0 Å². The molecule has 2 aromatic rings. The summed E-state index contributed by atoms with van der Waals surface area (Å²) in [6.07, 6.45) is 6.23. The fourth-order valence-corrected chi connectivity index (χ4v) is 2.43. The summed E-state index contributed by atoms with van der Waals surface area (Å²) < 4.78 is 0. The molecule has 1 aromatic carbocycles. The highest BCUT2D eigenvalue weighted by Gasteiger charge is 2.23. The Balaban J connectivity index is 1.59. The first-order chi connectivity index (χ1) is 8.31. The molecule has 1 heterocycles. The van der Waals surface area contributed by atoms with Crippen LogP contribution in [0.15, 0.2) is 30.5 Å². The fourth-order valence-electron chi connectivity index (χ4n) is 2.43. The van der Waals surface area contributed by atoms with Crippen molar-refractivity contribution in [2.45, 2.75) is 38.8 Å². The Bertz CT molecular complexity index is 496. The Labute approximate surface area is 102 Å². The number of H-pyrrole nitrogens is 1. The number of hydrogen-bond acceptors (Lipinski definition) is 1. The molecule has 1 atom stereocenters. The monoisotopic (exact) mass is 228 g/mol. The van der Waals surface area contributed by atoms with Crippen LogP contribution in [-0.4, -0.2) is 11.0 Å². The van der Waals surface area contributed by atoms with Gasteiger partial charge in [0.05, 0.1) is 0 Å². The van der Waals surface area contributed by atoms with Crippen LogP contribution in [0, 0.1) is 5.92 Å². The minimum Gasteiger partial charge on any atom is -0.361 e. The van der Waals surface area contributed by atoms with Gasteiger partial charge in [-0.15, -0.1) is 0 Å². The lowest BCUT2D eigenvalue weighted by molar-refractivity contribution is 0.487. The van der Waals surface area contributed by atoms with Crippen molar-refractivity contribution in [3.05, 3.63) is 36.0 Å². The number of aromatic nitrogens is 1. The zero-order valence-corrected chi connectivity index (χ0v) is 10.4. The Morgan fingerprint density at radius 2 is 2.24 bits per heavy atom. The van der Waals surface area contributed by atoms with Crippen LogP contribution in [0.4, 0.5) is 0 Å². The number of aromatic amines is 1. The molecule has 17 heavy (non-hydrogen) atoms. The molecule has 2 nitrogen and oxygen atoms in total. The predicted octanol–water partition coefficient (Wildman–Crippen LogP) is 3.45. The zero-order valence-electron chi connectivity index (χ0n) is 10.4. The summed E-state index contributed by atoms with van der Waals surface area (Å²) in [4.78, 5) is 3.26. The molecule has 2 N–H and O–H groups in total. The third-order valence-corrected chi connectivity index (χ3v) is 3.66. The highest BCUT2D eigenvalue weighted by molar-refractivity contribution is 5.79. The number of fused-ring (bicyclic) bond motifs is 1.